The number of hydrogen-bond donors (Lipinski definition) is 2. The summed E-state index contributed by atoms with van der Waals surface area (Å²) in [6, 6.07) is 0.217. The Morgan fingerprint density at radius 2 is 1.93 bits per heavy atom. The van der Waals surface area contributed by atoms with Crippen molar-refractivity contribution in [1.82, 2.24) is 5.48 Å². The summed E-state index contributed by atoms with van der Waals surface area (Å²) in [5, 5.41) is 9.05. The summed E-state index contributed by atoms with van der Waals surface area (Å²) >= 11 is 0. The third-order valence-corrected chi connectivity index (χ3v) is 2.90. The fourth-order valence-electron chi connectivity index (χ4n) is 1.36. The molecule has 1 aliphatic rings. The van der Waals surface area contributed by atoms with Crippen molar-refractivity contribution >= 4 is 11.9 Å². The second-order valence-corrected chi connectivity index (χ2v) is 3.88. The lowest BCUT2D eigenvalue weighted by molar-refractivity contribution is -0.175. The van der Waals surface area contributed by atoms with Crippen molar-refractivity contribution in [2.24, 2.45) is 5.41 Å². The molecule has 0 aromatic heterocycles. The van der Waals surface area contributed by atoms with Gasteiger partial charge in [-0.05, 0) is 25.7 Å². The van der Waals surface area contributed by atoms with Gasteiger partial charge in [0.05, 0.1) is 0 Å². The van der Waals surface area contributed by atoms with Gasteiger partial charge in [-0.2, -0.15) is 0 Å². The maximum absolute atomic E-state index is 11.6. The molecule has 0 spiro atoms. The van der Waals surface area contributed by atoms with Crippen molar-refractivity contribution < 1.29 is 19.5 Å². The predicted molar refractivity (Wildman–Crippen MR) is 52.9 cm³/mol. The van der Waals surface area contributed by atoms with E-state index in [1.165, 1.54) is 0 Å². The van der Waals surface area contributed by atoms with Crippen molar-refractivity contribution in [2.45, 2.75) is 45.6 Å². The number of carboxylic acid groups (broad SMARTS) is 1. The Kier molecular flexibility index (Phi) is 3.68. The molecule has 2 N–H and O–H groups in total. The molecular formula is C10H17NO4. The second-order valence-electron chi connectivity index (χ2n) is 3.88. The summed E-state index contributed by atoms with van der Waals surface area (Å²) in [7, 11) is 0. The molecule has 86 valence electrons. The molecule has 5 heteroatoms. The van der Waals surface area contributed by atoms with E-state index in [0.717, 1.165) is 12.8 Å². The maximum atomic E-state index is 11.6. The van der Waals surface area contributed by atoms with Gasteiger partial charge in [0.2, 0.25) is 0 Å². The number of aliphatic carboxylic acids is 1. The van der Waals surface area contributed by atoms with Crippen LogP contribution in [0.4, 0.5) is 0 Å². The van der Waals surface area contributed by atoms with Crippen LogP contribution in [0.15, 0.2) is 0 Å². The minimum absolute atomic E-state index is 0.217. The van der Waals surface area contributed by atoms with Gasteiger partial charge >= 0.3 is 11.9 Å². The number of hydroxylamine groups is 1. The summed E-state index contributed by atoms with van der Waals surface area (Å²) < 4.78 is 0. The molecule has 5 nitrogen and oxygen atoms in total. The van der Waals surface area contributed by atoms with Gasteiger partial charge in [-0.15, -0.1) is 5.48 Å². The zero-order valence-electron chi connectivity index (χ0n) is 9.08. The normalized spacial score (nSPS) is 16.1. The van der Waals surface area contributed by atoms with E-state index in [4.69, 9.17) is 9.94 Å². The van der Waals surface area contributed by atoms with Gasteiger partial charge in [0.15, 0.2) is 5.41 Å². The Labute approximate surface area is 88.8 Å². The van der Waals surface area contributed by atoms with Crippen molar-refractivity contribution in [3.05, 3.63) is 0 Å². The first-order chi connectivity index (χ1) is 7.06. The van der Waals surface area contributed by atoms with Crippen LogP contribution in [-0.4, -0.2) is 23.1 Å². The highest BCUT2D eigenvalue weighted by Crippen LogP contribution is 2.29. The van der Waals surface area contributed by atoms with Gasteiger partial charge in [-0.1, -0.05) is 13.8 Å². The van der Waals surface area contributed by atoms with E-state index in [1.54, 1.807) is 13.8 Å². The van der Waals surface area contributed by atoms with Crippen LogP contribution in [0.1, 0.15) is 39.5 Å². The van der Waals surface area contributed by atoms with Crippen LogP contribution in [0, 0.1) is 5.41 Å². The average Bonchev–Trinajstić information content (AvgIpc) is 3.00. The average molecular weight is 215 g/mol. The fraction of sp³-hybridized carbons (Fsp3) is 0.800. The topological polar surface area (TPSA) is 75.6 Å². The number of carbonyl (C=O) groups excluding carboxylic acids is 1. The molecule has 15 heavy (non-hydrogen) atoms. The van der Waals surface area contributed by atoms with Gasteiger partial charge < -0.3 is 9.94 Å². The minimum Gasteiger partial charge on any atom is -0.480 e. The molecule has 0 radical (unpaired) electrons. The van der Waals surface area contributed by atoms with Crippen molar-refractivity contribution in [2.75, 3.05) is 0 Å². The summed E-state index contributed by atoms with van der Waals surface area (Å²) in [6.45, 7) is 3.35. The van der Waals surface area contributed by atoms with Crippen LogP contribution in [-0.2, 0) is 14.4 Å². The highest BCUT2D eigenvalue weighted by Gasteiger charge is 2.45. The molecule has 1 aliphatic carbocycles. The molecule has 1 saturated carbocycles. The van der Waals surface area contributed by atoms with Crippen molar-refractivity contribution in [1.29, 1.82) is 0 Å². The second kappa shape index (κ2) is 4.61. The molecule has 0 aromatic carbocycles. The molecule has 0 unspecified atom stereocenters. The van der Waals surface area contributed by atoms with E-state index < -0.39 is 17.4 Å². The largest absolute Gasteiger partial charge is 0.480 e. The predicted octanol–water partition coefficient (Wildman–Crippen LogP) is 1.09. The summed E-state index contributed by atoms with van der Waals surface area (Å²) in [5.41, 5.74) is 1.17. The van der Waals surface area contributed by atoms with Gasteiger partial charge in [-0.25, -0.2) is 4.79 Å². The quantitative estimate of drug-likeness (QED) is 0.512. The van der Waals surface area contributed by atoms with Gasteiger partial charge in [0.25, 0.3) is 0 Å². The van der Waals surface area contributed by atoms with E-state index in [9.17, 15) is 9.59 Å². The first-order valence-corrected chi connectivity index (χ1v) is 5.27. The van der Waals surface area contributed by atoms with Crippen LogP contribution in [0.3, 0.4) is 0 Å². The van der Waals surface area contributed by atoms with E-state index in [-0.39, 0.29) is 18.9 Å². The minimum atomic E-state index is -1.40. The van der Waals surface area contributed by atoms with Crippen molar-refractivity contribution in [3.8, 4) is 0 Å². The summed E-state index contributed by atoms with van der Waals surface area (Å²) in [6.07, 6.45) is 2.44. The highest BCUT2D eigenvalue weighted by atomic mass is 16.7. The monoisotopic (exact) mass is 215 g/mol. The fourth-order valence-corrected chi connectivity index (χ4v) is 1.36. The van der Waals surface area contributed by atoms with Crippen LogP contribution in [0.25, 0.3) is 0 Å². The van der Waals surface area contributed by atoms with Gasteiger partial charge in [0, 0.05) is 6.04 Å². The van der Waals surface area contributed by atoms with Gasteiger partial charge in [-0.3, -0.25) is 4.79 Å². The van der Waals surface area contributed by atoms with Gasteiger partial charge in [0.1, 0.15) is 0 Å². The Morgan fingerprint density at radius 3 is 2.27 bits per heavy atom. The van der Waals surface area contributed by atoms with Crippen LogP contribution >= 0.6 is 0 Å². The lowest BCUT2D eigenvalue weighted by atomic mass is 9.83. The Morgan fingerprint density at radius 1 is 1.40 bits per heavy atom. The first-order valence-electron chi connectivity index (χ1n) is 5.27. The van der Waals surface area contributed by atoms with Crippen LogP contribution < -0.4 is 5.48 Å². The Balaban J connectivity index is 2.60. The molecule has 1 fully saturated rings. The number of carboxylic acids is 1. The maximum Gasteiger partial charge on any atom is 0.342 e. The molecule has 0 atom stereocenters. The molecule has 0 saturated heterocycles. The van der Waals surface area contributed by atoms with Crippen LogP contribution in [0.2, 0.25) is 0 Å². The zero-order chi connectivity index (χ0) is 11.5. The lowest BCUT2D eigenvalue weighted by Gasteiger charge is -2.23. The Hall–Kier alpha value is -1.10. The molecule has 0 bridgehead atoms. The van der Waals surface area contributed by atoms with E-state index >= 15 is 0 Å². The highest BCUT2D eigenvalue weighted by molar-refractivity contribution is 5.98. The third-order valence-electron chi connectivity index (χ3n) is 2.90. The third kappa shape index (κ3) is 2.47. The lowest BCUT2D eigenvalue weighted by Crippen LogP contribution is -2.42. The Bertz CT molecular complexity index is 256. The molecule has 1 rings (SSSR count). The molecule has 0 amide bonds. The van der Waals surface area contributed by atoms with E-state index in [0.29, 0.717) is 0 Å². The van der Waals surface area contributed by atoms with Crippen LogP contribution in [0.5, 0.6) is 0 Å². The van der Waals surface area contributed by atoms with Crippen molar-refractivity contribution in [3.63, 3.8) is 0 Å². The molecule has 0 heterocycles. The molecular weight excluding hydrogens is 198 g/mol. The molecule has 0 aliphatic heterocycles. The van der Waals surface area contributed by atoms with E-state index in [1.807, 2.05) is 0 Å². The number of hydrogen-bond acceptors (Lipinski definition) is 4. The number of nitrogens with one attached hydrogen (secondary N) is 1. The summed E-state index contributed by atoms with van der Waals surface area (Å²) in [4.78, 5) is 27.5. The van der Waals surface area contributed by atoms with E-state index in [2.05, 4.69) is 5.48 Å². The standard InChI is InChI=1S/C10H17NO4/c1-3-10(4-2,8(12)13)9(14)15-11-7-5-6-7/h7,11H,3-6H2,1-2H3,(H,12,13). The summed E-state index contributed by atoms with van der Waals surface area (Å²) in [5.74, 6) is -1.80. The number of carbonyl (C=O) groups is 2. The zero-order valence-corrected chi connectivity index (χ0v) is 9.08. The smallest absolute Gasteiger partial charge is 0.342 e. The molecule has 0 aromatic rings. The first kappa shape index (κ1) is 12.0. The SMILES string of the molecule is CCC(CC)(C(=O)O)C(=O)ONC1CC1. The number of rotatable bonds is 6.